The largest absolute Gasteiger partial charge is 0.368 e. The van der Waals surface area contributed by atoms with Crippen LogP contribution in [-0.2, 0) is 6.42 Å². The number of hydrogen-bond acceptors (Lipinski definition) is 5. The zero-order valence-electron chi connectivity index (χ0n) is 23.8. The van der Waals surface area contributed by atoms with E-state index in [0.29, 0.717) is 0 Å². The highest BCUT2D eigenvalue weighted by atomic mass is 32.2. The summed E-state index contributed by atoms with van der Waals surface area (Å²) in [7, 11) is 0. The maximum atomic E-state index is 6.68. The molecule has 42 heavy (non-hydrogen) atoms. The van der Waals surface area contributed by atoms with Crippen LogP contribution in [0.1, 0.15) is 59.5 Å². The van der Waals surface area contributed by atoms with E-state index in [0.717, 1.165) is 24.0 Å². The summed E-state index contributed by atoms with van der Waals surface area (Å²) in [6.45, 7) is 2.20. The summed E-state index contributed by atoms with van der Waals surface area (Å²) in [5, 5.41) is 14.1. The Hall–Kier alpha value is -3.87. The molecule has 0 radical (unpaired) electrons. The van der Waals surface area contributed by atoms with Crippen molar-refractivity contribution in [3.05, 3.63) is 149 Å². The minimum Gasteiger partial charge on any atom is -0.368 e. The molecule has 0 saturated heterocycles. The number of fused-ring (bicyclic) bond motifs is 4. The van der Waals surface area contributed by atoms with Gasteiger partial charge in [-0.25, -0.2) is 0 Å². The lowest BCUT2D eigenvalue weighted by Gasteiger charge is -2.28. The zero-order valence-corrected chi connectivity index (χ0v) is 24.6. The SMILES string of the molecule is CC(NC(NC(N)c1ccccc1)c1ccc2c3c(ccc2c1)SC(C1=Cc2ccccc2CC1)N3)c1ccccc1. The number of benzene rings is 5. The third-order valence-corrected chi connectivity index (χ3v) is 9.75. The van der Waals surface area contributed by atoms with Gasteiger partial charge in [0.15, 0.2) is 0 Å². The molecule has 4 nitrogen and oxygen atoms in total. The molecule has 4 atom stereocenters. The van der Waals surface area contributed by atoms with Crippen molar-refractivity contribution in [1.82, 2.24) is 10.6 Å². The molecular weight excluding hydrogens is 533 g/mol. The molecule has 0 saturated carbocycles. The van der Waals surface area contributed by atoms with Crippen LogP contribution >= 0.6 is 11.8 Å². The van der Waals surface area contributed by atoms with Crippen molar-refractivity contribution in [2.45, 2.75) is 48.4 Å². The topological polar surface area (TPSA) is 62.1 Å². The molecule has 5 aromatic rings. The van der Waals surface area contributed by atoms with Crippen LogP contribution in [0.3, 0.4) is 0 Å². The second kappa shape index (κ2) is 11.8. The molecule has 0 spiro atoms. The summed E-state index contributed by atoms with van der Waals surface area (Å²) in [4.78, 5) is 1.32. The average Bonchev–Trinajstić information content (AvgIpc) is 3.50. The molecular formula is C37H36N4S. The summed E-state index contributed by atoms with van der Waals surface area (Å²) in [5.74, 6) is 0. The summed E-state index contributed by atoms with van der Waals surface area (Å²) in [6.07, 6.45) is 4.14. The van der Waals surface area contributed by atoms with Crippen LogP contribution in [0, 0.1) is 0 Å². The van der Waals surface area contributed by atoms with Gasteiger partial charge in [0.1, 0.15) is 0 Å². The van der Waals surface area contributed by atoms with Crippen LogP contribution in [0.2, 0.25) is 0 Å². The molecule has 4 unspecified atom stereocenters. The quantitative estimate of drug-likeness (QED) is 0.142. The van der Waals surface area contributed by atoms with Gasteiger partial charge in [-0.05, 0) is 70.7 Å². The monoisotopic (exact) mass is 568 g/mol. The molecule has 2 aliphatic rings. The zero-order chi connectivity index (χ0) is 28.5. The third-order valence-electron chi connectivity index (χ3n) is 8.50. The highest BCUT2D eigenvalue weighted by Gasteiger charge is 2.28. The first-order valence-electron chi connectivity index (χ1n) is 14.8. The standard InChI is InChI=1S/C37H36N4S/c1-24(25-10-4-2-5-11-25)39-36(41-35(38)27-13-6-3-7-14-27)30-18-20-32-29(23-30)19-21-33-34(32)40-37(42-33)31-17-16-26-12-8-9-15-28(26)22-31/h2-15,18-24,35-37,39-41H,16-17,38H2,1H3. The number of aryl methyl sites for hydroxylation is 1. The molecule has 5 heteroatoms. The van der Waals surface area contributed by atoms with Gasteiger partial charge in [-0.2, -0.15) is 0 Å². The normalized spacial score (nSPS) is 18.0. The molecule has 0 bridgehead atoms. The van der Waals surface area contributed by atoms with Gasteiger partial charge in [0.2, 0.25) is 0 Å². The van der Waals surface area contributed by atoms with Crippen molar-refractivity contribution < 1.29 is 0 Å². The van der Waals surface area contributed by atoms with Crippen molar-refractivity contribution in [2.24, 2.45) is 5.73 Å². The highest BCUT2D eigenvalue weighted by molar-refractivity contribution is 8.00. The maximum absolute atomic E-state index is 6.68. The lowest BCUT2D eigenvalue weighted by atomic mass is 9.92. The second-order valence-corrected chi connectivity index (χ2v) is 12.4. The summed E-state index contributed by atoms with van der Waals surface area (Å²) < 4.78 is 0. The summed E-state index contributed by atoms with van der Waals surface area (Å²) in [5.41, 5.74) is 15.7. The van der Waals surface area contributed by atoms with Crippen molar-refractivity contribution in [2.75, 3.05) is 5.32 Å². The number of nitrogens with one attached hydrogen (secondary N) is 3. The Kier molecular flexibility index (Phi) is 7.57. The van der Waals surface area contributed by atoms with Gasteiger partial charge in [0, 0.05) is 16.3 Å². The van der Waals surface area contributed by atoms with Crippen molar-refractivity contribution >= 4 is 34.3 Å². The van der Waals surface area contributed by atoms with Gasteiger partial charge in [-0.15, -0.1) is 0 Å². The first kappa shape index (κ1) is 27.0. The first-order valence-corrected chi connectivity index (χ1v) is 15.7. The van der Waals surface area contributed by atoms with E-state index in [1.807, 2.05) is 30.0 Å². The summed E-state index contributed by atoms with van der Waals surface area (Å²) >= 11 is 1.93. The smallest absolute Gasteiger partial charge is 0.0990 e. The van der Waals surface area contributed by atoms with E-state index in [-0.39, 0.29) is 23.7 Å². The molecule has 1 heterocycles. The van der Waals surface area contributed by atoms with E-state index in [9.17, 15) is 0 Å². The van der Waals surface area contributed by atoms with Crippen LogP contribution in [0.5, 0.6) is 0 Å². The van der Waals surface area contributed by atoms with Gasteiger partial charge in [-0.1, -0.05) is 121 Å². The summed E-state index contributed by atoms with van der Waals surface area (Å²) in [6, 6.07) is 41.0. The molecule has 0 aromatic heterocycles. The fourth-order valence-corrected chi connectivity index (χ4v) is 7.34. The Morgan fingerprint density at radius 3 is 2.31 bits per heavy atom. The second-order valence-electron chi connectivity index (χ2n) is 11.3. The minimum atomic E-state index is -0.310. The Bertz CT molecular complexity index is 1690. The third kappa shape index (κ3) is 5.49. The number of anilines is 1. The minimum absolute atomic E-state index is 0.134. The van der Waals surface area contributed by atoms with E-state index in [2.05, 4.69) is 126 Å². The number of nitrogens with two attached hydrogens (primary N) is 1. The van der Waals surface area contributed by atoms with Crippen molar-refractivity contribution in [1.29, 1.82) is 0 Å². The molecule has 5 N–H and O–H groups in total. The van der Waals surface area contributed by atoms with Gasteiger partial charge in [0.05, 0.1) is 23.4 Å². The van der Waals surface area contributed by atoms with E-state index < -0.39 is 0 Å². The molecule has 5 aromatic carbocycles. The van der Waals surface area contributed by atoms with E-state index in [4.69, 9.17) is 5.73 Å². The molecule has 0 fully saturated rings. The average molecular weight is 569 g/mol. The highest BCUT2D eigenvalue weighted by Crippen LogP contribution is 2.47. The Balaban J connectivity index is 1.17. The molecule has 1 aliphatic heterocycles. The Labute approximate surface area is 252 Å². The van der Waals surface area contributed by atoms with E-state index >= 15 is 0 Å². The predicted molar refractivity (Wildman–Crippen MR) is 177 cm³/mol. The molecule has 1 aliphatic carbocycles. The molecule has 210 valence electrons. The van der Waals surface area contributed by atoms with Crippen molar-refractivity contribution in [3.8, 4) is 0 Å². The lowest BCUT2D eigenvalue weighted by Crippen LogP contribution is -2.41. The van der Waals surface area contributed by atoms with E-state index in [1.165, 1.54) is 43.6 Å². The number of rotatable bonds is 8. The van der Waals surface area contributed by atoms with Gasteiger partial charge < -0.3 is 11.1 Å². The van der Waals surface area contributed by atoms with Gasteiger partial charge >= 0.3 is 0 Å². The predicted octanol–water partition coefficient (Wildman–Crippen LogP) is 8.31. The lowest BCUT2D eigenvalue weighted by molar-refractivity contribution is 0.357. The molecule has 7 rings (SSSR count). The fraction of sp³-hybridized carbons (Fsp3) is 0.189. The van der Waals surface area contributed by atoms with Crippen molar-refractivity contribution in [3.63, 3.8) is 0 Å². The van der Waals surface area contributed by atoms with E-state index in [1.54, 1.807) is 0 Å². The van der Waals surface area contributed by atoms with Crippen LogP contribution < -0.4 is 21.7 Å². The first-order chi connectivity index (χ1) is 20.6. The number of thioether (sulfide) groups is 1. The number of hydrogen-bond donors (Lipinski definition) is 4. The van der Waals surface area contributed by atoms with Crippen LogP contribution in [0.25, 0.3) is 16.8 Å². The van der Waals surface area contributed by atoms with Crippen LogP contribution in [-0.4, -0.2) is 5.37 Å². The maximum Gasteiger partial charge on any atom is 0.0990 e. The fourth-order valence-electron chi connectivity index (χ4n) is 6.14. The van der Waals surface area contributed by atoms with Crippen LogP contribution in [0.15, 0.2) is 126 Å². The Morgan fingerprint density at radius 2 is 1.50 bits per heavy atom. The van der Waals surface area contributed by atoms with Crippen LogP contribution in [0.4, 0.5) is 5.69 Å². The van der Waals surface area contributed by atoms with Gasteiger partial charge in [0.25, 0.3) is 0 Å². The molecule has 0 amide bonds. The Morgan fingerprint density at radius 1 is 0.762 bits per heavy atom. The van der Waals surface area contributed by atoms with Gasteiger partial charge in [-0.3, -0.25) is 10.6 Å².